The third-order valence-electron chi connectivity index (χ3n) is 4.23. The largest absolute Gasteiger partial charge is 0.464 e. The van der Waals surface area contributed by atoms with Crippen molar-refractivity contribution in [1.82, 2.24) is 19.7 Å². The second-order valence-electron chi connectivity index (χ2n) is 6.53. The van der Waals surface area contributed by atoms with Crippen LogP contribution in [0.25, 0.3) is 5.82 Å². The molecular weight excluding hydrogens is 415 g/mol. The molecule has 0 aliphatic rings. The molecular formula is C20H18F3N5O3. The quantitative estimate of drug-likeness (QED) is 0.454. The van der Waals surface area contributed by atoms with Crippen LogP contribution in [-0.4, -0.2) is 46.2 Å². The predicted octanol–water partition coefficient (Wildman–Crippen LogP) is 3.40. The van der Waals surface area contributed by atoms with E-state index in [1.807, 2.05) is 0 Å². The van der Waals surface area contributed by atoms with Gasteiger partial charge in [-0.15, -0.1) is 0 Å². The van der Waals surface area contributed by atoms with Crippen LogP contribution < -0.4 is 5.32 Å². The minimum atomic E-state index is -4.76. The normalized spacial score (nSPS) is 11.1. The first kappa shape index (κ1) is 21.8. The van der Waals surface area contributed by atoms with Crippen LogP contribution >= 0.6 is 0 Å². The zero-order valence-corrected chi connectivity index (χ0v) is 16.6. The van der Waals surface area contributed by atoms with Crippen molar-refractivity contribution in [2.75, 3.05) is 19.5 Å². The molecule has 162 valence electrons. The molecule has 0 spiro atoms. The summed E-state index contributed by atoms with van der Waals surface area (Å²) in [6.07, 6.45) is -3.04. The van der Waals surface area contributed by atoms with Crippen molar-refractivity contribution >= 4 is 23.8 Å². The number of pyridine rings is 1. The van der Waals surface area contributed by atoms with E-state index in [9.17, 15) is 22.8 Å². The van der Waals surface area contributed by atoms with Crippen LogP contribution in [0, 0.1) is 0 Å². The number of benzene rings is 1. The lowest BCUT2D eigenvalue weighted by Gasteiger charge is -2.14. The molecule has 0 bridgehead atoms. The lowest BCUT2D eigenvalue weighted by Crippen LogP contribution is -2.17. The maximum atomic E-state index is 13.8. The Morgan fingerprint density at radius 1 is 1.23 bits per heavy atom. The van der Waals surface area contributed by atoms with E-state index in [0.29, 0.717) is 23.3 Å². The van der Waals surface area contributed by atoms with E-state index < -0.39 is 17.8 Å². The molecule has 0 saturated heterocycles. The Balaban J connectivity index is 1.94. The molecule has 1 amide bonds. The van der Waals surface area contributed by atoms with Gasteiger partial charge in [-0.3, -0.25) is 4.79 Å². The summed E-state index contributed by atoms with van der Waals surface area (Å²) in [4.78, 5) is 27.7. The summed E-state index contributed by atoms with van der Waals surface area (Å²) >= 11 is 0. The van der Waals surface area contributed by atoms with Gasteiger partial charge < -0.3 is 15.0 Å². The van der Waals surface area contributed by atoms with Gasteiger partial charge in [0.15, 0.2) is 17.2 Å². The number of amides is 1. The number of alkyl halides is 3. The van der Waals surface area contributed by atoms with Crippen molar-refractivity contribution in [3.8, 4) is 5.82 Å². The lowest BCUT2D eigenvalue weighted by molar-refractivity contribution is -0.142. The fourth-order valence-corrected chi connectivity index (χ4v) is 2.82. The number of hydrogen-bond donors (Lipinski definition) is 1. The van der Waals surface area contributed by atoms with Crippen molar-refractivity contribution < 1.29 is 27.5 Å². The highest BCUT2D eigenvalue weighted by molar-refractivity contribution is 5.87. The molecule has 31 heavy (non-hydrogen) atoms. The molecule has 3 aromatic rings. The standard InChI is InChI=1S/C20H18F3N5O3/c1-27(12-29)11-13-6-8-14(9-7-13)25-16-10-24-28(18(16)20(21,22)23)17-5-3-4-15(26-17)19(30)31-2/h3-10,12,25H,11H2,1-2H3. The number of rotatable bonds is 7. The summed E-state index contributed by atoms with van der Waals surface area (Å²) in [6.45, 7) is 0.373. The minimum absolute atomic E-state index is 0.144. The topological polar surface area (TPSA) is 89.4 Å². The van der Waals surface area contributed by atoms with E-state index >= 15 is 0 Å². The third kappa shape index (κ3) is 5.00. The van der Waals surface area contributed by atoms with Crippen LogP contribution in [-0.2, 0) is 22.3 Å². The maximum Gasteiger partial charge on any atom is 0.435 e. The zero-order valence-electron chi connectivity index (χ0n) is 16.6. The van der Waals surface area contributed by atoms with E-state index in [4.69, 9.17) is 0 Å². The monoisotopic (exact) mass is 433 g/mol. The molecule has 0 aliphatic carbocycles. The highest BCUT2D eigenvalue weighted by atomic mass is 19.4. The molecule has 0 saturated carbocycles. The van der Waals surface area contributed by atoms with Crippen LogP contribution in [0.4, 0.5) is 24.5 Å². The maximum absolute atomic E-state index is 13.8. The van der Waals surface area contributed by atoms with Gasteiger partial charge in [0.2, 0.25) is 6.41 Å². The molecule has 0 aliphatic heterocycles. The number of hydrogen-bond acceptors (Lipinski definition) is 6. The van der Waals surface area contributed by atoms with E-state index in [-0.39, 0.29) is 17.2 Å². The molecule has 2 aromatic heterocycles. The average molecular weight is 433 g/mol. The van der Waals surface area contributed by atoms with Gasteiger partial charge in [0.05, 0.1) is 19.0 Å². The highest BCUT2D eigenvalue weighted by Crippen LogP contribution is 2.37. The van der Waals surface area contributed by atoms with Gasteiger partial charge >= 0.3 is 12.1 Å². The second-order valence-corrected chi connectivity index (χ2v) is 6.53. The molecule has 0 unspecified atom stereocenters. The summed E-state index contributed by atoms with van der Waals surface area (Å²) in [5.74, 6) is -0.961. The van der Waals surface area contributed by atoms with Gasteiger partial charge in [0.1, 0.15) is 0 Å². The van der Waals surface area contributed by atoms with E-state index in [1.54, 1.807) is 31.3 Å². The van der Waals surface area contributed by atoms with Crippen LogP contribution in [0.1, 0.15) is 21.7 Å². The Labute approximate surface area is 175 Å². The predicted molar refractivity (Wildman–Crippen MR) is 105 cm³/mol. The Morgan fingerprint density at radius 2 is 1.94 bits per heavy atom. The van der Waals surface area contributed by atoms with Gasteiger partial charge in [-0.05, 0) is 29.8 Å². The smallest absolute Gasteiger partial charge is 0.435 e. The highest BCUT2D eigenvalue weighted by Gasteiger charge is 2.39. The molecule has 11 heteroatoms. The number of nitrogens with one attached hydrogen (secondary N) is 1. The van der Waals surface area contributed by atoms with Crippen molar-refractivity contribution in [3.63, 3.8) is 0 Å². The lowest BCUT2D eigenvalue weighted by atomic mass is 10.2. The number of carbonyl (C=O) groups excluding carboxylic acids is 2. The number of esters is 1. The molecule has 0 atom stereocenters. The first-order valence-electron chi connectivity index (χ1n) is 8.95. The van der Waals surface area contributed by atoms with Gasteiger partial charge in [-0.1, -0.05) is 18.2 Å². The number of nitrogens with zero attached hydrogens (tertiary/aromatic N) is 4. The van der Waals surface area contributed by atoms with Crippen LogP contribution in [0.3, 0.4) is 0 Å². The van der Waals surface area contributed by atoms with Gasteiger partial charge in [-0.25, -0.2) is 14.5 Å². The number of carbonyl (C=O) groups is 2. The van der Waals surface area contributed by atoms with Gasteiger partial charge in [-0.2, -0.15) is 18.3 Å². The Kier molecular flexibility index (Phi) is 6.23. The fourth-order valence-electron chi connectivity index (χ4n) is 2.82. The molecule has 0 radical (unpaired) electrons. The minimum Gasteiger partial charge on any atom is -0.464 e. The Morgan fingerprint density at radius 3 is 2.55 bits per heavy atom. The SMILES string of the molecule is COC(=O)c1cccc(-n2ncc(Nc3ccc(CN(C)C=O)cc3)c2C(F)(F)F)n1. The summed E-state index contributed by atoms with van der Waals surface area (Å²) < 4.78 is 46.7. The Hall–Kier alpha value is -3.89. The summed E-state index contributed by atoms with van der Waals surface area (Å²) in [6, 6.07) is 10.6. The number of ether oxygens (including phenoxy) is 1. The first-order chi connectivity index (χ1) is 14.7. The van der Waals surface area contributed by atoms with Crippen molar-refractivity contribution in [3.05, 3.63) is 65.6 Å². The molecule has 1 aromatic carbocycles. The summed E-state index contributed by atoms with van der Waals surface area (Å²) in [7, 11) is 2.77. The van der Waals surface area contributed by atoms with Gasteiger partial charge in [0, 0.05) is 19.3 Å². The van der Waals surface area contributed by atoms with Crippen LogP contribution in [0.5, 0.6) is 0 Å². The van der Waals surface area contributed by atoms with Crippen LogP contribution in [0.15, 0.2) is 48.7 Å². The summed E-state index contributed by atoms with van der Waals surface area (Å²) in [5.41, 5.74) is -0.286. The number of methoxy groups -OCH3 is 1. The molecule has 8 nitrogen and oxygen atoms in total. The molecule has 2 heterocycles. The second kappa shape index (κ2) is 8.86. The Bertz CT molecular complexity index is 1080. The third-order valence-corrected chi connectivity index (χ3v) is 4.23. The van der Waals surface area contributed by atoms with Crippen molar-refractivity contribution in [1.29, 1.82) is 0 Å². The molecule has 0 fully saturated rings. The van der Waals surface area contributed by atoms with Crippen LogP contribution in [0.2, 0.25) is 0 Å². The van der Waals surface area contributed by atoms with E-state index in [1.165, 1.54) is 23.1 Å². The average Bonchev–Trinajstić information content (AvgIpc) is 3.18. The molecule has 1 N–H and O–H groups in total. The van der Waals surface area contributed by atoms with E-state index in [0.717, 1.165) is 18.9 Å². The number of anilines is 2. The first-order valence-corrected chi connectivity index (χ1v) is 8.95. The molecule has 3 rings (SSSR count). The van der Waals surface area contributed by atoms with Gasteiger partial charge in [0.25, 0.3) is 0 Å². The van der Waals surface area contributed by atoms with Crippen molar-refractivity contribution in [2.24, 2.45) is 0 Å². The van der Waals surface area contributed by atoms with E-state index in [2.05, 4.69) is 20.1 Å². The van der Waals surface area contributed by atoms with Crippen molar-refractivity contribution in [2.45, 2.75) is 12.7 Å². The summed E-state index contributed by atoms with van der Waals surface area (Å²) in [5, 5.41) is 6.52. The number of aromatic nitrogens is 3. The number of halogens is 3. The zero-order chi connectivity index (χ0) is 22.6. The fraction of sp³-hybridized carbons (Fsp3) is 0.200.